The molecule has 4 heteroatoms. The first-order chi connectivity index (χ1) is 11.2. The summed E-state index contributed by atoms with van der Waals surface area (Å²) in [6.07, 6.45) is 7.58. The lowest BCUT2D eigenvalue weighted by Gasteiger charge is -2.18. The van der Waals surface area contributed by atoms with Crippen LogP contribution >= 0.6 is 23.2 Å². The molecule has 0 saturated carbocycles. The van der Waals surface area contributed by atoms with Crippen LogP contribution < -0.4 is 0 Å². The average Bonchev–Trinajstić information content (AvgIpc) is 3.05. The van der Waals surface area contributed by atoms with Gasteiger partial charge in [-0.1, -0.05) is 53.5 Å². The van der Waals surface area contributed by atoms with Crippen molar-refractivity contribution in [2.75, 3.05) is 0 Å². The molecule has 2 aromatic carbocycles. The fourth-order valence-electron chi connectivity index (χ4n) is 2.82. The molecule has 0 N–H and O–H groups in total. The number of hydrogen-bond acceptors (Lipinski definition) is 1. The molecule has 0 aliphatic carbocycles. The van der Waals surface area contributed by atoms with Crippen molar-refractivity contribution in [2.45, 2.75) is 19.4 Å². The molecule has 2 nitrogen and oxygen atoms in total. The molecule has 23 heavy (non-hydrogen) atoms. The van der Waals surface area contributed by atoms with Crippen LogP contribution in [0.25, 0.3) is 0 Å². The molecule has 1 atom stereocenters. The van der Waals surface area contributed by atoms with Gasteiger partial charge in [-0.3, -0.25) is 0 Å². The molecule has 1 unspecified atom stereocenters. The Morgan fingerprint density at radius 1 is 0.957 bits per heavy atom. The van der Waals surface area contributed by atoms with Crippen LogP contribution in [0.5, 0.6) is 0 Å². The van der Waals surface area contributed by atoms with Gasteiger partial charge in [-0.05, 0) is 48.1 Å². The molecule has 0 aliphatic rings. The van der Waals surface area contributed by atoms with Gasteiger partial charge >= 0.3 is 0 Å². The fraction of sp³-hybridized carbons (Fsp3) is 0.211. The minimum atomic E-state index is 0.435. The molecule has 3 rings (SSSR count). The van der Waals surface area contributed by atoms with Crippen molar-refractivity contribution in [2.24, 2.45) is 5.92 Å². The van der Waals surface area contributed by atoms with Crippen LogP contribution in [0.1, 0.15) is 11.1 Å². The molecule has 118 valence electrons. The topological polar surface area (TPSA) is 17.8 Å². The van der Waals surface area contributed by atoms with E-state index < -0.39 is 0 Å². The summed E-state index contributed by atoms with van der Waals surface area (Å²) < 4.78 is 2.12. The summed E-state index contributed by atoms with van der Waals surface area (Å²) in [4.78, 5) is 4.14. The van der Waals surface area contributed by atoms with Gasteiger partial charge in [0, 0.05) is 29.0 Å². The van der Waals surface area contributed by atoms with Crippen molar-refractivity contribution in [1.82, 2.24) is 9.55 Å². The number of aromatic nitrogens is 2. The average molecular weight is 345 g/mol. The third-order valence-electron chi connectivity index (χ3n) is 3.93. The van der Waals surface area contributed by atoms with Crippen molar-refractivity contribution in [3.05, 3.63) is 88.4 Å². The molecule has 0 spiro atoms. The zero-order valence-electron chi connectivity index (χ0n) is 12.7. The smallest absolute Gasteiger partial charge is 0.0946 e. The molecule has 1 aromatic heterocycles. The van der Waals surface area contributed by atoms with Gasteiger partial charge in [0.1, 0.15) is 0 Å². The Morgan fingerprint density at radius 2 is 1.74 bits per heavy atom. The summed E-state index contributed by atoms with van der Waals surface area (Å²) in [5.74, 6) is 0.435. The van der Waals surface area contributed by atoms with Gasteiger partial charge in [-0.25, -0.2) is 4.98 Å². The molecule has 0 radical (unpaired) electrons. The first-order valence-corrected chi connectivity index (χ1v) is 8.40. The van der Waals surface area contributed by atoms with Crippen molar-refractivity contribution < 1.29 is 0 Å². The summed E-state index contributed by atoms with van der Waals surface area (Å²) in [6.45, 7) is 0.911. The predicted octanol–water partition coefficient (Wildman–Crippen LogP) is 5.29. The largest absolute Gasteiger partial charge is 0.337 e. The van der Waals surface area contributed by atoms with Gasteiger partial charge in [0.15, 0.2) is 0 Å². The van der Waals surface area contributed by atoms with E-state index in [9.17, 15) is 0 Å². The Balaban J connectivity index is 1.78. The third-order valence-corrected chi connectivity index (χ3v) is 4.55. The number of rotatable bonds is 6. The molecule has 1 heterocycles. The predicted molar refractivity (Wildman–Crippen MR) is 96.0 cm³/mol. The van der Waals surface area contributed by atoms with Crippen molar-refractivity contribution in [1.29, 1.82) is 0 Å². The lowest BCUT2D eigenvalue weighted by molar-refractivity contribution is 0.438. The molecule has 0 saturated heterocycles. The highest BCUT2D eigenvalue weighted by atomic mass is 35.5. The van der Waals surface area contributed by atoms with Crippen molar-refractivity contribution >= 4 is 23.2 Å². The van der Waals surface area contributed by atoms with E-state index in [1.807, 2.05) is 49.1 Å². The van der Waals surface area contributed by atoms with E-state index in [1.165, 1.54) is 11.1 Å². The second-order valence-corrected chi connectivity index (χ2v) is 6.60. The SMILES string of the molecule is Clc1ccc(CC(Cc2ccccc2Cl)Cn2ccnc2)cc1. The zero-order valence-corrected chi connectivity index (χ0v) is 14.2. The first kappa shape index (κ1) is 16.1. The van der Waals surface area contributed by atoms with Crippen LogP contribution in [0.4, 0.5) is 0 Å². The van der Waals surface area contributed by atoms with E-state index in [1.54, 1.807) is 0 Å². The zero-order chi connectivity index (χ0) is 16.1. The molecule has 0 fully saturated rings. The number of imidazole rings is 1. The number of benzene rings is 2. The number of hydrogen-bond donors (Lipinski definition) is 0. The van der Waals surface area contributed by atoms with Crippen molar-refractivity contribution in [3.8, 4) is 0 Å². The van der Waals surface area contributed by atoms with E-state index in [-0.39, 0.29) is 0 Å². The Morgan fingerprint density at radius 3 is 2.43 bits per heavy atom. The maximum Gasteiger partial charge on any atom is 0.0946 e. The first-order valence-electron chi connectivity index (χ1n) is 7.64. The maximum absolute atomic E-state index is 6.34. The van der Waals surface area contributed by atoms with Gasteiger partial charge in [0.2, 0.25) is 0 Å². The van der Waals surface area contributed by atoms with Gasteiger partial charge < -0.3 is 4.57 Å². The quantitative estimate of drug-likeness (QED) is 0.593. The van der Waals surface area contributed by atoms with E-state index in [0.717, 1.165) is 29.4 Å². The molecule has 0 amide bonds. The third kappa shape index (κ3) is 4.60. The van der Waals surface area contributed by atoms with E-state index >= 15 is 0 Å². The van der Waals surface area contributed by atoms with Crippen LogP contribution in [0.3, 0.4) is 0 Å². The van der Waals surface area contributed by atoms with E-state index in [4.69, 9.17) is 23.2 Å². The van der Waals surface area contributed by atoms with Crippen LogP contribution in [0.15, 0.2) is 67.3 Å². The highest BCUT2D eigenvalue weighted by Gasteiger charge is 2.13. The van der Waals surface area contributed by atoms with Gasteiger partial charge in [-0.2, -0.15) is 0 Å². The monoisotopic (exact) mass is 344 g/mol. The standard InChI is InChI=1S/C19H18Cl2N2/c20-18-7-5-15(6-8-18)11-16(13-23-10-9-22-14-23)12-17-3-1-2-4-19(17)21/h1-10,14,16H,11-13H2. The lowest BCUT2D eigenvalue weighted by atomic mass is 9.92. The number of nitrogens with zero attached hydrogens (tertiary/aromatic N) is 2. The second kappa shape index (κ2) is 7.67. The van der Waals surface area contributed by atoms with Gasteiger partial charge in [-0.15, -0.1) is 0 Å². The Bertz CT molecular complexity index is 736. The summed E-state index contributed by atoms with van der Waals surface area (Å²) in [6, 6.07) is 16.1. The summed E-state index contributed by atoms with van der Waals surface area (Å²) in [5, 5.41) is 1.60. The molecule has 0 bridgehead atoms. The molecular weight excluding hydrogens is 327 g/mol. The summed E-state index contributed by atoms with van der Waals surface area (Å²) in [5.41, 5.74) is 2.47. The minimum absolute atomic E-state index is 0.435. The Labute approximate surface area is 146 Å². The summed E-state index contributed by atoms with van der Waals surface area (Å²) >= 11 is 12.3. The Hall–Kier alpha value is -1.77. The van der Waals surface area contributed by atoms with Crippen LogP contribution in [-0.4, -0.2) is 9.55 Å². The summed E-state index contributed by atoms with van der Waals surface area (Å²) in [7, 11) is 0. The number of halogens is 2. The highest BCUT2D eigenvalue weighted by Crippen LogP contribution is 2.23. The van der Waals surface area contributed by atoms with Crippen molar-refractivity contribution in [3.63, 3.8) is 0 Å². The highest BCUT2D eigenvalue weighted by molar-refractivity contribution is 6.31. The van der Waals surface area contributed by atoms with E-state index in [0.29, 0.717) is 5.92 Å². The minimum Gasteiger partial charge on any atom is -0.337 e. The normalized spacial score (nSPS) is 12.3. The molecule has 0 aliphatic heterocycles. The molecular formula is C19H18Cl2N2. The molecule has 3 aromatic rings. The van der Waals surface area contributed by atoms with E-state index in [2.05, 4.69) is 27.8 Å². The van der Waals surface area contributed by atoms with Gasteiger partial charge in [0.25, 0.3) is 0 Å². The van der Waals surface area contributed by atoms with Crippen LogP contribution in [-0.2, 0) is 19.4 Å². The van der Waals surface area contributed by atoms with Crippen LogP contribution in [0.2, 0.25) is 10.0 Å². The second-order valence-electron chi connectivity index (χ2n) is 5.75. The van der Waals surface area contributed by atoms with Crippen LogP contribution in [0, 0.1) is 5.92 Å². The maximum atomic E-state index is 6.34. The Kier molecular flexibility index (Phi) is 5.37. The lowest BCUT2D eigenvalue weighted by Crippen LogP contribution is -2.15. The fourth-order valence-corrected chi connectivity index (χ4v) is 3.16. The van der Waals surface area contributed by atoms with Gasteiger partial charge in [0.05, 0.1) is 6.33 Å².